The van der Waals surface area contributed by atoms with Crippen molar-refractivity contribution in [2.24, 2.45) is 11.8 Å². The summed E-state index contributed by atoms with van der Waals surface area (Å²) >= 11 is 0. The van der Waals surface area contributed by atoms with Crippen molar-refractivity contribution in [2.75, 3.05) is 33.7 Å². The highest BCUT2D eigenvalue weighted by Gasteiger charge is 2.27. The Morgan fingerprint density at radius 2 is 2.00 bits per heavy atom. The lowest BCUT2D eigenvalue weighted by Crippen LogP contribution is -2.53. The number of rotatable bonds is 5. The first-order chi connectivity index (χ1) is 8.19. The molecule has 17 heavy (non-hydrogen) atoms. The summed E-state index contributed by atoms with van der Waals surface area (Å²) < 4.78 is 0. The van der Waals surface area contributed by atoms with Crippen LogP contribution in [0, 0.1) is 5.92 Å². The lowest BCUT2D eigenvalue weighted by Gasteiger charge is -2.40. The van der Waals surface area contributed by atoms with E-state index in [-0.39, 0.29) is 0 Å². The highest BCUT2D eigenvalue weighted by atomic mass is 15.3. The van der Waals surface area contributed by atoms with Gasteiger partial charge in [0.15, 0.2) is 0 Å². The number of hydrogen-bond acceptors (Lipinski definition) is 4. The summed E-state index contributed by atoms with van der Waals surface area (Å²) in [5.41, 5.74) is 3.04. The van der Waals surface area contributed by atoms with Gasteiger partial charge < -0.3 is 9.80 Å². The third kappa shape index (κ3) is 3.65. The molecule has 0 amide bonds. The topological polar surface area (TPSA) is 44.5 Å². The van der Waals surface area contributed by atoms with Gasteiger partial charge in [-0.05, 0) is 32.9 Å². The second-order valence-corrected chi connectivity index (χ2v) is 6.03. The molecule has 2 aliphatic rings. The van der Waals surface area contributed by atoms with E-state index in [0.29, 0.717) is 12.1 Å². The Kier molecular flexibility index (Phi) is 4.79. The maximum absolute atomic E-state index is 5.72. The van der Waals surface area contributed by atoms with E-state index in [0.717, 1.165) is 5.92 Å². The average Bonchev–Trinajstić information content (AvgIpc) is 2.26. The molecule has 0 aromatic carbocycles. The molecule has 2 atom stereocenters. The van der Waals surface area contributed by atoms with E-state index in [1.807, 2.05) is 0 Å². The molecule has 1 heterocycles. The molecule has 0 spiro atoms. The Bertz CT molecular complexity index is 229. The molecule has 0 aromatic rings. The van der Waals surface area contributed by atoms with Crippen LogP contribution < -0.4 is 11.3 Å². The molecule has 1 saturated heterocycles. The number of likely N-dealkylation sites (N-methyl/N-ethyl adjacent to an activating group) is 2. The third-order valence-corrected chi connectivity index (χ3v) is 4.62. The number of hydrazine groups is 1. The van der Waals surface area contributed by atoms with Crippen LogP contribution in [0.1, 0.15) is 32.1 Å². The molecule has 4 heteroatoms. The second-order valence-electron chi connectivity index (χ2n) is 6.03. The van der Waals surface area contributed by atoms with Gasteiger partial charge in [-0.2, -0.15) is 0 Å². The Balaban J connectivity index is 1.79. The summed E-state index contributed by atoms with van der Waals surface area (Å²) in [6.07, 6.45) is 6.71. The molecular weight excluding hydrogens is 212 g/mol. The van der Waals surface area contributed by atoms with Crippen LogP contribution in [-0.4, -0.2) is 55.6 Å². The molecule has 2 fully saturated rings. The molecule has 3 N–H and O–H groups in total. The van der Waals surface area contributed by atoms with Crippen molar-refractivity contribution in [1.29, 1.82) is 0 Å². The van der Waals surface area contributed by atoms with Crippen molar-refractivity contribution >= 4 is 0 Å². The minimum Gasteiger partial charge on any atom is -0.304 e. The van der Waals surface area contributed by atoms with Crippen molar-refractivity contribution in [3.8, 4) is 0 Å². The van der Waals surface area contributed by atoms with Gasteiger partial charge in [0, 0.05) is 31.7 Å². The summed E-state index contributed by atoms with van der Waals surface area (Å²) in [5, 5.41) is 0. The van der Waals surface area contributed by atoms with Crippen LogP contribution >= 0.6 is 0 Å². The van der Waals surface area contributed by atoms with Crippen LogP contribution in [0.3, 0.4) is 0 Å². The van der Waals surface area contributed by atoms with Gasteiger partial charge in [0.05, 0.1) is 0 Å². The molecular formula is C13H28N4. The molecule has 2 unspecified atom stereocenters. The quantitative estimate of drug-likeness (QED) is 0.547. The van der Waals surface area contributed by atoms with E-state index in [9.17, 15) is 0 Å². The predicted octanol–water partition coefficient (Wildman–Crippen LogP) is 0.644. The molecule has 1 saturated carbocycles. The van der Waals surface area contributed by atoms with E-state index in [1.54, 1.807) is 0 Å². The Morgan fingerprint density at radius 3 is 2.59 bits per heavy atom. The van der Waals surface area contributed by atoms with Crippen molar-refractivity contribution in [1.82, 2.24) is 15.2 Å². The van der Waals surface area contributed by atoms with Gasteiger partial charge >= 0.3 is 0 Å². The second kappa shape index (κ2) is 6.14. The van der Waals surface area contributed by atoms with Gasteiger partial charge in [-0.1, -0.05) is 19.3 Å². The van der Waals surface area contributed by atoms with Gasteiger partial charge in [-0.25, -0.2) is 0 Å². The van der Waals surface area contributed by atoms with Gasteiger partial charge in [0.2, 0.25) is 0 Å². The number of nitrogens with zero attached hydrogens (tertiary/aromatic N) is 2. The SMILES string of the molecule is CN1CCN(C)C(CC(CC2CCC2)NN)C1. The van der Waals surface area contributed by atoms with E-state index in [2.05, 4.69) is 29.3 Å². The molecule has 1 aliphatic carbocycles. The van der Waals surface area contributed by atoms with E-state index in [1.165, 1.54) is 51.7 Å². The maximum atomic E-state index is 5.72. The first kappa shape index (κ1) is 13.3. The first-order valence-electron chi connectivity index (χ1n) is 7.04. The first-order valence-corrected chi connectivity index (χ1v) is 7.04. The number of nitrogens with one attached hydrogen (secondary N) is 1. The predicted molar refractivity (Wildman–Crippen MR) is 71.6 cm³/mol. The summed E-state index contributed by atoms with van der Waals surface area (Å²) in [6.45, 7) is 3.55. The fraction of sp³-hybridized carbons (Fsp3) is 1.00. The monoisotopic (exact) mass is 240 g/mol. The zero-order chi connectivity index (χ0) is 12.3. The fourth-order valence-corrected chi connectivity index (χ4v) is 3.05. The smallest absolute Gasteiger partial charge is 0.0235 e. The number of hydrogen-bond donors (Lipinski definition) is 2. The standard InChI is InChI=1S/C13H28N4/c1-16-6-7-17(2)13(10-16)9-12(15-14)8-11-4-3-5-11/h11-13,15H,3-10,14H2,1-2H3. The zero-order valence-electron chi connectivity index (χ0n) is 11.4. The van der Waals surface area contributed by atoms with Crippen LogP contribution in [0.4, 0.5) is 0 Å². The maximum Gasteiger partial charge on any atom is 0.0235 e. The third-order valence-electron chi connectivity index (χ3n) is 4.62. The van der Waals surface area contributed by atoms with Gasteiger partial charge in [0.1, 0.15) is 0 Å². The van der Waals surface area contributed by atoms with Gasteiger partial charge in [0.25, 0.3) is 0 Å². The molecule has 2 rings (SSSR count). The average molecular weight is 240 g/mol. The summed E-state index contributed by atoms with van der Waals surface area (Å²) in [7, 11) is 4.46. The highest BCUT2D eigenvalue weighted by molar-refractivity contribution is 4.85. The fourth-order valence-electron chi connectivity index (χ4n) is 3.05. The zero-order valence-corrected chi connectivity index (χ0v) is 11.4. The lowest BCUT2D eigenvalue weighted by atomic mass is 9.80. The molecule has 0 bridgehead atoms. The summed E-state index contributed by atoms with van der Waals surface area (Å²) in [6, 6.07) is 1.16. The Hall–Kier alpha value is -0.160. The minimum atomic E-state index is 0.499. The van der Waals surface area contributed by atoms with Crippen molar-refractivity contribution in [3.05, 3.63) is 0 Å². The molecule has 1 aliphatic heterocycles. The van der Waals surface area contributed by atoms with Crippen molar-refractivity contribution in [3.63, 3.8) is 0 Å². The Labute approximate surface area is 105 Å². The van der Waals surface area contributed by atoms with Gasteiger partial charge in [-0.15, -0.1) is 0 Å². The van der Waals surface area contributed by atoms with Gasteiger partial charge in [-0.3, -0.25) is 11.3 Å². The lowest BCUT2D eigenvalue weighted by molar-refractivity contribution is 0.0958. The molecule has 0 radical (unpaired) electrons. The summed E-state index contributed by atoms with van der Waals surface area (Å²) in [4.78, 5) is 4.92. The van der Waals surface area contributed by atoms with Crippen molar-refractivity contribution < 1.29 is 0 Å². The van der Waals surface area contributed by atoms with Crippen molar-refractivity contribution in [2.45, 2.75) is 44.2 Å². The van der Waals surface area contributed by atoms with Crippen LogP contribution in [0.25, 0.3) is 0 Å². The number of nitrogens with two attached hydrogens (primary N) is 1. The largest absolute Gasteiger partial charge is 0.304 e. The minimum absolute atomic E-state index is 0.499. The summed E-state index contributed by atoms with van der Waals surface area (Å²) in [5.74, 6) is 6.65. The van der Waals surface area contributed by atoms with Crippen LogP contribution in [0.15, 0.2) is 0 Å². The van der Waals surface area contributed by atoms with E-state index in [4.69, 9.17) is 5.84 Å². The van der Waals surface area contributed by atoms with E-state index < -0.39 is 0 Å². The Morgan fingerprint density at radius 1 is 1.24 bits per heavy atom. The van der Waals surface area contributed by atoms with E-state index >= 15 is 0 Å². The van der Waals surface area contributed by atoms with Crippen LogP contribution in [-0.2, 0) is 0 Å². The number of piperazine rings is 1. The molecule has 100 valence electrons. The normalized spacial score (nSPS) is 30.2. The molecule has 4 nitrogen and oxygen atoms in total. The highest BCUT2D eigenvalue weighted by Crippen LogP contribution is 2.31. The van der Waals surface area contributed by atoms with Crippen LogP contribution in [0.5, 0.6) is 0 Å². The molecule has 0 aromatic heterocycles. The van der Waals surface area contributed by atoms with Crippen LogP contribution in [0.2, 0.25) is 0 Å².